The number of carbonyl (C=O) groups excluding carboxylic acids is 2. The molecule has 0 radical (unpaired) electrons. The summed E-state index contributed by atoms with van der Waals surface area (Å²) >= 11 is 0. The van der Waals surface area contributed by atoms with E-state index in [-0.39, 0.29) is 23.3 Å². The predicted octanol–water partition coefficient (Wildman–Crippen LogP) is 6.52. The van der Waals surface area contributed by atoms with Gasteiger partial charge in [-0.25, -0.2) is 0 Å². The van der Waals surface area contributed by atoms with Crippen molar-refractivity contribution in [2.24, 2.45) is 0 Å². The van der Waals surface area contributed by atoms with E-state index in [9.17, 15) is 14.7 Å². The summed E-state index contributed by atoms with van der Waals surface area (Å²) in [6.07, 6.45) is 0. The van der Waals surface area contributed by atoms with E-state index in [1.807, 2.05) is 66.7 Å². The molecule has 0 saturated carbocycles. The topological polar surface area (TPSA) is 80.0 Å². The third kappa shape index (κ3) is 4.40. The number of furan rings is 1. The third-order valence-electron chi connectivity index (χ3n) is 6.79. The summed E-state index contributed by atoms with van der Waals surface area (Å²) in [5.41, 5.74) is 3.13. The normalized spacial score (nSPS) is 16.1. The Hall–Kier alpha value is -4.32. The number of benzene rings is 3. The smallest absolute Gasteiger partial charge is 0.290 e. The number of hydrogen-bond donors (Lipinski definition) is 1. The number of Topliss-reactive ketones (excluding diaryl/α,β-unsaturated/α-hetero) is 1. The Morgan fingerprint density at radius 3 is 2.35 bits per heavy atom. The second kappa shape index (κ2) is 9.28. The van der Waals surface area contributed by atoms with Gasteiger partial charge in [0.2, 0.25) is 5.78 Å². The minimum Gasteiger partial charge on any atom is -0.503 e. The first-order chi connectivity index (χ1) is 17.7. The number of hydrogen-bond acceptors (Lipinski definition) is 5. The molecule has 5 rings (SSSR count). The van der Waals surface area contributed by atoms with Crippen LogP contribution in [0.15, 0.2) is 94.6 Å². The highest BCUT2D eigenvalue weighted by molar-refractivity contribution is 6.16. The molecule has 6 heteroatoms. The van der Waals surface area contributed by atoms with Gasteiger partial charge >= 0.3 is 0 Å². The van der Waals surface area contributed by atoms with Crippen molar-refractivity contribution in [2.45, 2.75) is 38.8 Å². The molecular formula is C31H29NO5. The second-order valence-electron chi connectivity index (χ2n) is 10.3. The van der Waals surface area contributed by atoms with Crippen LogP contribution in [-0.2, 0) is 16.8 Å². The lowest BCUT2D eigenvalue weighted by molar-refractivity contribution is -0.130. The van der Waals surface area contributed by atoms with Crippen molar-refractivity contribution >= 4 is 22.7 Å². The van der Waals surface area contributed by atoms with Crippen molar-refractivity contribution in [3.63, 3.8) is 0 Å². The largest absolute Gasteiger partial charge is 0.503 e. The number of methoxy groups -OCH3 is 1. The van der Waals surface area contributed by atoms with Gasteiger partial charge in [-0.2, -0.15) is 0 Å². The van der Waals surface area contributed by atoms with Crippen LogP contribution in [-0.4, -0.2) is 28.8 Å². The standard InChI is InChI=1S/C31H29NO5/c1-31(2,3)22-15-13-20(14-16-22)26-25(28(34)30(35)32(26)18-19-9-6-5-7-10-19)27(33)24-17-21-11-8-12-23(36-4)29(21)37-24/h5-17,26,34H,18H2,1-4H3. The number of ether oxygens (including phenoxy) is 1. The molecule has 1 aliphatic heterocycles. The van der Waals surface area contributed by atoms with Crippen molar-refractivity contribution in [3.05, 3.63) is 113 Å². The molecule has 1 amide bonds. The number of aliphatic hydroxyl groups is 1. The monoisotopic (exact) mass is 495 g/mol. The highest BCUT2D eigenvalue weighted by Gasteiger charge is 2.44. The van der Waals surface area contributed by atoms with Crippen LogP contribution in [0.25, 0.3) is 11.0 Å². The number of rotatable bonds is 6. The fourth-order valence-corrected chi connectivity index (χ4v) is 4.78. The SMILES string of the molecule is COc1cccc2cc(C(=O)C3=C(O)C(=O)N(Cc4ccccc4)C3c3ccc(C(C)(C)C)cc3)oc12. The Morgan fingerprint density at radius 2 is 1.70 bits per heavy atom. The number of aliphatic hydroxyl groups excluding tert-OH is 1. The van der Waals surface area contributed by atoms with Crippen LogP contribution in [0, 0.1) is 0 Å². The molecule has 0 fully saturated rings. The zero-order chi connectivity index (χ0) is 26.3. The van der Waals surface area contributed by atoms with E-state index in [1.54, 1.807) is 12.1 Å². The maximum Gasteiger partial charge on any atom is 0.290 e. The Balaban J connectivity index is 1.60. The number of fused-ring (bicyclic) bond motifs is 1. The first-order valence-corrected chi connectivity index (χ1v) is 12.2. The van der Waals surface area contributed by atoms with Crippen LogP contribution in [0.4, 0.5) is 0 Å². The average molecular weight is 496 g/mol. The van der Waals surface area contributed by atoms with Crippen molar-refractivity contribution in [1.82, 2.24) is 4.90 Å². The third-order valence-corrected chi connectivity index (χ3v) is 6.79. The van der Waals surface area contributed by atoms with E-state index >= 15 is 0 Å². The van der Waals surface area contributed by atoms with E-state index in [4.69, 9.17) is 9.15 Å². The maximum atomic E-state index is 13.8. The summed E-state index contributed by atoms with van der Waals surface area (Å²) < 4.78 is 11.3. The van der Waals surface area contributed by atoms with Gasteiger partial charge in [0, 0.05) is 11.9 Å². The summed E-state index contributed by atoms with van der Waals surface area (Å²) in [4.78, 5) is 28.7. The van der Waals surface area contributed by atoms with Gasteiger partial charge in [0.05, 0.1) is 18.7 Å². The van der Waals surface area contributed by atoms with Crippen LogP contribution >= 0.6 is 0 Å². The minimum atomic E-state index is -0.774. The fourth-order valence-electron chi connectivity index (χ4n) is 4.78. The molecule has 0 saturated heterocycles. The fraction of sp³-hybridized carbons (Fsp3) is 0.226. The summed E-state index contributed by atoms with van der Waals surface area (Å²) in [6.45, 7) is 6.61. The molecule has 0 aliphatic carbocycles. The van der Waals surface area contributed by atoms with Gasteiger partial charge in [-0.1, -0.05) is 87.5 Å². The molecule has 1 aromatic heterocycles. The molecule has 1 unspecified atom stereocenters. The van der Waals surface area contributed by atoms with Crippen LogP contribution in [0.2, 0.25) is 0 Å². The summed E-state index contributed by atoms with van der Waals surface area (Å²) in [5, 5.41) is 11.7. The van der Waals surface area contributed by atoms with E-state index in [1.165, 1.54) is 12.0 Å². The Morgan fingerprint density at radius 1 is 1.00 bits per heavy atom. The van der Waals surface area contributed by atoms with Crippen molar-refractivity contribution in [3.8, 4) is 5.75 Å². The minimum absolute atomic E-state index is 0.00228. The lowest BCUT2D eigenvalue weighted by Crippen LogP contribution is -2.30. The highest BCUT2D eigenvalue weighted by atomic mass is 16.5. The number of amides is 1. The van der Waals surface area contributed by atoms with Crippen LogP contribution < -0.4 is 4.74 Å². The first-order valence-electron chi connectivity index (χ1n) is 12.2. The predicted molar refractivity (Wildman–Crippen MR) is 142 cm³/mol. The van der Waals surface area contributed by atoms with Crippen LogP contribution in [0.3, 0.4) is 0 Å². The first kappa shape index (κ1) is 24.4. The van der Waals surface area contributed by atoms with Crippen molar-refractivity contribution in [1.29, 1.82) is 0 Å². The molecule has 3 aromatic carbocycles. The van der Waals surface area contributed by atoms with Crippen molar-refractivity contribution in [2.75, 3.05) is 7.11 Å². The van der Waals surface area contributed by atoms with Crippen molar-refractivity contribution < 1.29 is 23.8 Å². The van der Waals surface area contributed by atoms with Gasteiger partial charge in [-0.15, -0.1) is 0 Å². The van der Waals surface area contributed by atoms with Gasteiger partial charge in [-0.05, 0) is 34.2 Å². The number of carbonyl (C=O) groups is 2. The molecule has 1 atom stereocenters. The van der Waals surface area contributed by atoms with Gasteiger partial charge < -0.3 is 19.2 Å². The molecule has 6 nitrogen and oxygen atoms in total. The van der Waals surface area contributed by atoms with Crippen LogP contribution in [0.5, 0.6) is 5.75 Å². The van der Waals surface area contributed by atoms with Gasteiger partial charge in [0.15, 0.2) is 22.9 Å². The van der Waals surface area contributed by atoms with Gasteiger partial charge in [0.25, 0.3) is 5.91 Å². The lowest BCUT2D eigenvalue weighted by atomic mass is 9.85. The number of para-hydroxylation sites is 1. The quantitative estimate of drug-likeness (QED) is 0.308. The zero-order valence-corrected chi connectivity index (χ0v) is 21.3. The van der Waals surface area contributed by atoms with E-state index in [0.29, 0.717) is 16.7 Å². The maximum absolute atomic E-state index is 13.8. The van der Waals surface area contributed by atoms with E-state index < -0.39 is 23.5 Å². The molecule has 4 aromatic rings. The van der Waals surface area contributed by atoms with Gasteiger partial charge in [0.1, 0.15) is 0 Å². The molecule has 188 valence electrons. The molecule has 2 heterocycles. The second-order valence-corrected chi connectivity index (χ2v) is 10.3. The average Bonchev–Trinajstić information content (AvgIpc) is 3.44. The Labute approximate surface area is 215 Å². The highest BCUT2D eigenvalue weighted by Crippen LogP contribution is 2.41. The summed E-state index contributed by atoms with van der Waals surface area (Å²) in [5.74, 6) is -1.15. The Bertz CT molecular complexity index is 1510. The molecule has 0 spiro atoms. The van der Waals surface area contributed by atoms with Crippen LogP contribution in [0.1, 0.15) is 54.1 Å². The molecule has 0 bridgehead atoms. The van der Waals surface area contributed by atoms with Gasteiger partial charge in [-0.3, -0.25) is 9.59 Å². The summed E-state index contributed by atoms with van der Waals surface area (Å²) in [6, 6.07) is 23.6. The van der Waals surface area contributed by atoms with E-state index in [2.05, 4.69) is 20.8 Å². The lowest BCUT2D eigenvalue weighted by Gasteiger charge is -2.27. The number of ketones is 1. The number of nitrogens with zero attached hydrogens (tertiary/aromatic N) is 1. The zero-order valence-electron chi connectivity index (χ0n) is 21.3. The molecule has 1 N–H and O–H groups in total. The summed E-state index contributed by atoms with van der Waals surface area (Å²) in [7, 11) is 1.53. The Kier molecular flexibility index (Phi) is 6.12. The molecular weight excluding hydrogens is 466 g/mol. The van der Waals surface area contributed by atoms with E-state index in [0.717, 1.165) is 16.7 Å². The molecule has 37 heavy (non-hydrogen) atoms. The molecule has 1 aliphatic rings.